The molecule has 1 aromatic carbocycles. The van der Waals surface area contributed by atoms with Crippen molar-refractivity contribution in [2.45, 2.75) is 52.3 Å². The lowest BCUT2D eigenvalue weighted by atomic mass is 10.1. The van der Waals surface area contributed by atoms with Crippen molar-refractivity contribution in [2.75, 3.05) is 18.0 Å². The molecule has 5 nitrogen and oxygen atoms in total. The third-order valence-electron chi connectivity index (χ3n) is 4.49. The number of piperazine rings is 1. The highest BCUT2D eigenvalue weighted by Crippen LogP contribution is 2.31. The number of amides is 1. The number of aromatic nitrogens is 1. The fourth-order valence-electron chi connectivity index (χ4n) is 3.12. The fraction of sp³-hybridized carbons (Fsp3) is 0.500. The number of anilines is 1. The van der Waals surface area contributed by atoms with Crippen LogP contribution in [0.4, 0.5) is 14.3 Å². The zero-order chi connectivity index (χ0) is 19.8. The van der Waals surface area contributed by atoms with Crippen LogP contribution in [0.3, 0.4) is 0 Å². The third kappa shape index (κ3) is 4.58. The summed E-state index contributed by atoms with van der Waals surface area (Å²) in [7, 11) is 0. The van der Waals surface area contributed by atoms with Crippen molar-refractivity contribution < 1.29 is 13.9 Å². The highest BCUT2D eigenvalue weighted by atomic mass is 32.1. The van der Waals surface area contributed by atoms with Gasteiger partial charge < -0.3 is 14.5 Å². The zero-order valence-corrected chi connectivity index (χ0v) is 17.2. The number of halogens is 1. The van der Waals surface area contributed by atoms with Gasteiger partial charge in [0.25, 0.3) is 0 Å². The summed E-state index contributed by atoms with van der Waals surface area (Å²) in [5, 5.41) is 2.90. The Kier molecular flexibility index (Phi) is 5.42. The van der Waals surface area contributed by atoms with Crippen LogP contribution < -0.4 is 4.90 Å². The molecule has 2 heterocycles. The van der Waals surface area contributed by atoms with Crippen molar-refractivity contribution in [3.05, 3.63) is 35.5 Å². The zero-order valence-electron chi connectivity index (χ0n) is 16.4. The summed E-state index contributed by atoms with van der Waals surface area (Å²) in [6.45, 7) is 11.0. The topological polar surface area (TPSA) is 45.7 Å². The van der Waals surface area contributed by atoms with Crippen molar-refractivity contribution >= 4 is 22.6 Å². The molecule has 0 N–H and O–H groups in total. The largest absolute Gasteiger partial charge is 0.444 e. The summed E-state index contributed by atoms with van der Waals surface area (Å²) in [4.78, 5) is 21.2. The van der Waals surface area contributed by atoms with Crippen LogP contribution in [0, 0.1) is 5.82 Å². The van der Waals surface area contributed by atoms with E-state index in [1.165, 1.54) is 12.1 Å². The average Bonchev–Trinajstić information content (AvgIpc) is 3.05. The maximum atomic E-state index is 13.1. The van der Waals surface area contributed by atoms with E-state index >= 15 is 0 Å². The second kappa shape index (κ2) is 7.46. The van der Waals surface area contributed by atoms with E-state index in [4.69, 9.17) is 9.72 Å². The molecule has 0 spiro atoms. The molecule has 2 atom stereocenters. The minimum atomic E-state index is -0.503. The van der Waals surface area contributed by atoms with E-state index in [9.17, 15) is 9.18 Å². The first-order chi connectivity index (χ1) is 12.6. The Bertz CT molecular complexity index is 800. The second-order valence-electron chi connectivity index (χ2n) is 8.01. The van der Waals surface area contributed by atoms with Gasteiger partial charge in [-0.3, -0.25) is 0 Å². The number of rotatable bonds is 2. The maximum Gasteiger partial charge on any atom is 0.410 e. The Morgan fingerprint density at radius 1 is 1.19 bits per heavy atom. The van der Waals surface area contributed by atoms with Crippen LogP contribution >= 0.6 is 11.3 Å². The molecule has 0 aliphatic carbocycles. The van der Waals surface area contributed by atoms with Crippen LogP contribution in [-0.2, 0) is 4.74 Å². The summed E-state index contributed by atoms with van der Waals surface area (Å²) in [5.74, 6) is -0.255. The standard InChI is InChI=1S/C20H26FN3O2S/c1-13-11-24(19(25)26-20(3,4)5)14(2)10-23(13)18-22-17(12-27-18)15-6-8-16(21)9-7-15/h6-9,12-14H,10-11H2,1-5H3/t13-,14-/m0/s1. The van der Waals surface area contributed by atoms with Crippen molar-refractivity contribution in [2.24, 2.45) is 0 Å². The first-order valence-electron chi connectivity index (χ1n) is 9.12. The first kappa shape index (κ1) is 19.6. The smallest absolute Gasteiger partial charge is 0.410 e. The number of hydrogen-bond acceptors (Lipinski definition) is 5. The molecule has 0 saturated carbocycles. The predicted molar refractivity (Wildman–Crippen MR) is 107 cm³/mol. The third-order valence-corrected chi connectivity index (χ3v) is 5.37. The van der Waals surface area contributed by atoms with E-state index in [0.717, 1.165) is 16.4 Å². The van der Waals surface area contributed by atoms with Crippen LogP contribution in [-0.4, -0.2) is 46.8 Å². The summed E-state index contributed by atoms with van der Waals surface area (Å²) in [6, 6.07) is 6.51. The lowest BCUT2D eigenvalue weighted by Crippen LogP contribution is -2.59. The first-order valence-corrected chi connectivity index (χ1v) is 10.00. The molecule has 1 saturated heterocycles. The van der Waals surface area contributed by atoms with Crippen LogP contribution in [0.25, 0.3) is 11.3 Å². The molecule has 1 amide bonds. The van der Waals surface area contributed by atoms with E-state index in [-0.39, 0.29) is 24.0 Å². The van der Waals surface area contributed by atoms with Crippen LogP contribution in [0.1, 0.15) is 34.6 Å². The van der Waals surface area contributed by atoms with Gasteiger partial charge in [0, 0.05) is 36.1 Å². The normalized spacial score (nSPS) is 20.7. The monoisotopic (exact) mass is 391 g/mol. The molecule has 0 unspecified atom stereocenters. The van der Waals surface area contributed by atoms with Gasteiger partial charge in [0.2, 0.25) is 0 Å². The van der Waals surface area contributed by atoms with Crippen molar-refractivity contribution in [3.8, 4) is 11.3 Å². The van der Waals surface area contributed by atoms with Gasteiger partial charge >= 0.3 is 6.09 Å². The number of carbonyl (C=O) groups excluding carboxylic acids is 1. The van der Waals surface area contributed by atoms with Gasteiger partial charge in [-0.25, -0.2) is 14.2 Å². The Morgan fingerprint density at radius 2 is 1.85 bits per heavy atom. The number of carbonyl (C=O) groups is 1. The lowest BCUT2D eigenvalue weighted by Gasteiger charge is -2.44. The number of ether oxygens (including phenoxy) is 1. The minimum Gasteiger partial charge on any atom is -0.444 e. The van der Waals surface area contributed by atoms with Crippen LogP contribution in [0.15, 0.2) is 29.6 Å². The summed E-state index contributed by atoms with van der Waals surface area (Å²) in [6.07, 6.45) is -0.271. The van der Waals surface area contributed by atoms with Gasteiger partial charge in [-0.05, 0) is 58.9 Å². The molecule has 0 bridgehead atoms. The maximum absolute atomic E-state index is 13.1. The van der Waals surface area contributed by atoms with E-state index in [0.29, 0.717) is 13.1 Å². The SMILES string of the molecule is C[C@H]1CN(c2nc(-c3ccc(F)cc3)cs2)[C@@H](C)CN1C(=O)OC(C)(C)C. The number of benzene rings is 1. The summed E-state index contributed by atoms with van der Waals surface area (Å²) < 4.78 is 18.7. The van der Waals surface area contributed by atoms with Crippen molar-refractivity contribution in [3.63, 3.8) is 0 Å². The van der Waals surface area contributed by atoms with E-state index in [2.05, 4.69) is 11.8 Å². The second-order valence-corrected chi connectivity index (χ2v) is 8.84. The van der Waals surface area contributed by atoms with Crippen molar-refractivity contribution in [1.29, 1.82) is 0 Å². The van der Waals surface area contributed by atoms with Gasteiger partial charge in [-0.1, -0.05) is 0 Å². The molecule has 1 aromatic heterocycles. The van der Waals surface area contributed by atoms with Gasteiger partial charge in [0.15, 0.2) is 5.13 Å². The summed E-state index contributed by atoms with van der Waals surface area (Å²) in [5.41, 5.74) is 1.23. The minimum absolute atomic E-state index is 0.0224. The van der Waals surface area contributed by atoms with Gasteiger partial charge in [0.1, 0.15) is 11.4 Å². The molecule has 146 valence electrons. The fourth-order valence-corrected chi connectivity index (χ4v) is 4.06. The van der Waals surface area contributed by atoms with Crippen LogP contribution in [0.2, 0.25) is 0 Å². The molecule has 2 aromatic rings. The average molecular weight is 392 g/mol. The Labute approximate surface area is 163 Å². The van der Waals surface area contributed by atoms with Crippen molar-refractivity contribution in [1.82, 2.24) is 9.88 Å². The highest BCUT2D eigenvalue weighted by Gasteiger charge is 2.35. The van der Waals surface area contributed by atoms with E-state index < -0.39 is 5.60 Å². The molecule has 1 aliphatic heterocycles. The molecule has 1 aliphatic rings. The van der Waals surface area contributed by atoms with Gasteiger partial charge in [0.05, 0.1) is 5.69 Å². The van der Waals surface area contributed by atoms with Gasteiger partial charge in [-0.2, -0.15) is 0 Å². The molecular weight excluding hydrogens is 365 g/mol. The number of hydrogen-bond donors (Lipinski definition) is 0. The predicted octanol–water partition coefficient (Wildman–Crippen LogP) is 4.78. The molecule has 7 heteroatoms. The van der Waals surface area contributed by atoms with E-state index in [1.54, 1.807) is 28.4 Å². The Hall–Kier alpha value is -2.15. The van der Waals surface area contributed by atoms with E-state index in [1.807, 2.05) is 33.1 Å². The summed E-state index contributed by atoms with van der Waals surface area (Å²) >= 11 is 1.57. The lowest BCUT2D eigenvalue weighted by molar-refractivity contribution is 0.0130. The number of thiazole rings is 1. The molecule has 3 rings (SSSR count). The Morgan fingerprint density at radius 3 is 2.48 bits per heavy atom. The number of nitrogens with zero attached hydrogens (tertiary/aromatic N) is 3. The quantitative estimate of drug-likeness (QED) is 0.739. The van der Waals surface area contributed by atoms with Crippen LogP contribution in [0.5, 0.6) is 0 Å². The molecule has 1 fully saturated rings. The molecule has 27 heavy (non-hydrogen) atoms. The highest BCUT2D eigenvalue weighted by molar-refractivity contribution is 7.14. The van der Waals surface area contributed by atoms with Gasteiger partial charge in [-0.15, -0.1) is 11.3 Å². The molecule has 0 radical (unpaired) electrons. The molecular formula is C20H26FN3O2S. The Balaban J connectivity index is 1.72.